The van der Waals surface area contributed by atoms with E-state index in [4.69, 9.17) is 17.3 Å². The number of nitrogens with zero attached hydrogens (tertiary/aromatic N) is 1. The highest BCUT2D eigenvalue weighted by Gasteiger charge is 2.19. The van der Waals surface area contributed by atoms with Crippen LogP contribution in [-0.4, -0.2) is 4.98 Å². The Labute approximate surface area is 112 Å². The molecule has 0 unspecified atom stereocenters. The molecule has 0 spiro atoms. The third-order valence-corrected chi connectivity index (χ3v) is 3.89. The molecule has 1 heterocycles. The number of nitrogen functional groups attached to an aromatic ring is 1. The van der Waals surface area contributed by atoms with E-state index in [9.17, 15) is 0 Å². The second-order valence-corrected chi connectivity index (χ2v) is 5.27. The summed E-state index contributed by atoms with van der Waals surface area (Å²) in [4.78, 5) is 4.09. The van der Waals surface area contributed by atoms with Crippen molar-refractivity contribution in [1.29, 1.82) is 0 Å². The molecule has 0 radical (unpaired) electrons. The Morgan fingerprint density at radius 1 is 1.17 bits per heavy atom. The maximum Gasteiger partial charge on any atom is 0.131 e. The highest BCUT2D eigenvalue weighted by Crippen LogP contribution is 2.37. The molecule has 3 rings (SSSR count). The van der Waals surface area contributed by atoms with E-state index in [1.807, 2.05) is 6.07 Å². The van der Waals surface area contributed by atoms with Gasteiger partial charge >= 0.3 is 0 Å². The Hall–Kier alpha value is -1.54. The van der Waals surface area contributed by atoms with Crippen LogP contribution in [0.5, 0.6) is 0 Å². The van der Waals surface area contributed by atoms with Crippen LogP contribution in [0.15, 0.2) is 36.5 Å². The number of hydrogen-bond donors (Lipinski definition) is 1. The highest BCUT2D eigenvalue weighted by atomic mass is 35.5. The lowest BCUT2D eigenvalue weighted by atomic mass is 9.80. The van der Waals surface area contributed by atoms with Crippen LogP contribution in [0, 0.1) is 0 Å². The molecule has 0 aliphatic heterocycles. The Kier molecular flexibility index (Phi) is 2.96. The fourth-order valence-corrected chi connectivity index (χ4v) is 2.52. The van der Waals surface area contributed by atoms with Crippen molar-refractivity contribution in [1.82, 2.24) is 4.98 Å². The summed E-state index contributed by atoms with van der Waals surface area (Å²) in [7, 11) is 0. The number of benzene rings is 1. The molecule has 0 atom stereocenters. The SMILES string of the molecule is Nc1ncc(Cl)cc1-c1ccc(C2CCC2)cc1. The summed E-state index contributed by atoms with van der Waals surface area (Å²) in [6, 6.07) is 10.5. The van der Waals surface area contributed by atoms with Crippen LogP contribution in [-0.2, 0) is 0 Å². The van der Waals surface area contributed by atoms with Gasteiger partial charge in [-0.15, -0.1) is 0 Å². The van der Waals surface area contributed by atoms with Gasteiger partial charge in [-0.05, 0) is 36.0 Å². The first kappa shape index (κ1) is 11.5. The Morgan fingerprint density at radius 2 is 1.89 bits per heavy atom. The number of hydrogen-bond acceptors (Lipinski definition) is 2. The molecule has 1 aliphatic carbocycles. The van der Waals surface area contributed by atoms with Crippen LogP contribution in [0.25, 0.3) is 11.1 Å². The quantitative estimate of drug-likeness (QED) is 0.875. The Balaban J connectivity index is 1.94. The lowest BCUT2D eigenvalue weighted by Crippen LogP contribution is -2.08. The second kappa shape index (κ2) is 4.62. The molecule has 3 heteroatoms. The minimum absolute atomic E-state index is 0.524. The number of aromatic nitrogens is 1. The first-order valence-corrected chi connectivity index (χ1v) is 6.63. The maximum absolute atomic E-state index is 5.96. The van der Waals surface area contributed by atoms with E-state index < -0.39 is 0 Å². The van der Waals surface area contributed by atoms with E-state index in [1.54, 1.807) is 6.20 Å². The molecule has 1 saturated carbocycles. The van der Waals surface area contributed by atoms with E-state index >= 15 is 0 Å². The van der Waals surface area contributed by atoms with Crippen molar-refractivity contribution in [2.24, 2.45) is 0 Å². The Morgan fingerprint density at radius 3 is 2.50 bits per heavy atom. The zero-order valence-electron chi connectivity index (χ0n) is 10.1. The molecule has 18 heavy (non-hydrogen) atoms. The average Bonchev–Trinajstić information content (AvgIpc) is 2.31. The van der Waals surface area contributed by atoms with Crippen LogP contribution in [0.2, 0.25) is 5.02 Å². The predicted octanol–water partition coefficient (Wildman–Crippen LogP) is 4.25. The lowest BCUT2D eigenvalue weighted by molar-refractivity contribution is 0.420. The van der Waals surface area contributed by atoms with Crippen LogP contribution >= 0.6 is 11.6 Å². The van der Waals surface area contributed by atoms with Crippen molar-refractivity contribution in [2.45, 2.75) is 25.2 Å². The van der Waals surface area contributed by atoms with Gasteiger partial charge < -0.3 is 5.73 Å². The van der Waals surface area contributed by atoms with Gasteiger partial charge in [-0.3, -0.25) is 0 Å². The first-order chi connectivity index (χ1) is 8.74. The molecule has 1 fully saturated rings. The molecular weight excluding hydrogens is 244 g/mol. The largest absolute Gasteiger partial charge is 0.383 e. The van der Waals surface area contributed by atoms with Crippen LogP contribution in [0.1, 0.15) is 30.7 Å². The minimum Gasteiger partial charge on any atom is -0.383 e. The number of anilines is 1. The van der Waals surface area contributed by atoms with Gasteiger partial charge in [-0.2, -0.15) is 0 Å². The summed E-state index contributed by atoms with van der Waals surface area (Å²) in [5.74, 6) is 1.28. The van der Waals surface area contributed by atoms with Gasteiger partial charge in [-0.25, -0.2) is 4.98 Å². The first-order valence-electron chi connectivity index (χ1n) is 6.25. The minimum atomic E-state index is 0.524. The molecule has 2 aromatic rings. The third kappa shape index (κ3) is 2.08. The van der Waals surface area contributed by atoms with Crippen LogP contribution in [0.3, 0.4) is 0 Å². The van der Waals surface area contributed by atoms with Gasteiger partial charge in [0.25, 0.3) is 0 Å². The van der Waals surface area contributed by atoms with Gasteiger partial charge in [0.2, 0.25) is 0 Å². The second-order valence-electron chi connectivity index (χ2n) is 4.84. The summed E-state index contributed by atoms with van der Waals surface area (Å²) in [5.41, 5.74) is 9.30. The molecule has 2 nitrogen and oxygen atoms in total. The van der Waals surface area contributed by atoms with Crippen molar-refractivity contribution in [3.63, 3.8) is 0 Å². The number of nitrogens with two attached hydrogens (primary N) is 1. The zero-order chi connectivity index (χ0) is 12.5. The monoisotopic (exact) mass is 258 g/mol. The summed E-state index contributed by atoms with van der Waals surface area (Å²) >= 11 is 5.96. The summed E-state index contributed by atoms with van der Waals surface area (Å²) in [5, 5.41) is 0.613. The van der Waals surface area contributed by atoms with Gasteiger partial charge in [0.1, 0.15) is 5.82 Å². The third-order valence-electron chi connectivity index (χ3n) is 3.68. The smallest absolute Gasteiger partial charge is 0.131 e. The summed E-state index contributed by atoms with van der Waals surface area (Å²) < 4.78 is 0. The van der Waals surface area contributed by atoms with Gasteiger partial charge in [0.15, 0.2) is 0 Å². The normalized spacial score (nSPS) is 15.4. The van der Waals surface area contributed by atoms with Crippen molar-refractivity contribution in [2.75, 3.05) is 5.73 Å². The van der Waals surface area contributed by atoms with Crippen molar-refractivity contribution in [3.8, 4) is 11.1 Å². The molecule has 92 valence electrons. The molecule has 1 aliphatic rings. The van der Waals surface area contributed by atoms with E-state index in [2.05, 4.69) is 29.2 Å². The predicted molar refractivity (Wildman–Crippen MR) is 75.7 cm³/mol. The van der Waals surface area contributed by atoms with E-state index in [0.717, 1.165) is 17.0 Å². The lowest BCUT2D eigenvalue weighted by Gasteiger charge is -2.25. The van der Waals surface area contributed by atoms with Crippen molar-refractivity contribution in [3.05, 3.63) is 47.1 Å². The van der Waals surface area contributed by atoms with E-state index in [1.165, 1.54) is 24.8 Å². The van der Waals surface area contributed by atoms with Gasteiger partial charge in [-0.1, -0.05) is 42.3 Å². The number of halogens is 1. The molecule has 2 N–H and O–H groups in total. The molecule has 0 bridgehead atoms. The van der Waals surface area contributed by atoms with Crippen molar-refractivity contribution < 1.29 is 0 Å². The number of rotatable bonds is 2. The highest BCUT2D eigenvalue weighted by molar-refractivity contribution is 6.30. The standard InChI is InChI=1S/C15H15ClN2/c16-13-8-14(15(17)18-9-13)12-6-4-11(5-7-12)10-2-1-3-10/h4-10H,1-3H2,(H2,17,18). The van der Waals surface area contributed by atoms with Crippen molar-refractivity contribution >= 4 is 17.4 Å². The molecule has 1 aromatic carbocycles. The maximum atomic E-state index is 5.96. The fraction of sp³-hybridized carbons (Fsp3) is 0.267. The molecule has 1 aromatic heterocycles. The Bertz CT molecular complexity index is 559. The summed E-state index contributed by atoms with van der Waals surface area (Å²) in [6.07, 6.45) is 5.57. The number of pyridine rings is 1. The molecule has 0 saturated heterocycles. The average molecular weight is 259 g/mol. The van der Waals surface area contributed by atoms with Gasteiger partial charge in [0, 0.05) is 11.8 Å². The van der Waals surface area contributed by atoms with Crippen LogP contribution in [0.4, 0.5) is 5.82 Å². The summed E-state index contributed by atoms with van der Waals surface area (Å²) in [6.45, 7) is 0. The van der Waals surface area contributed by atoms with E-state index in [0.29, 0.717) is 10.8 Å². The van der Waals surface area contributed by atoms with E-state index in [-0.39, 0.29) is 0 Å². The van der Waals surface area contributed by atoms with Gasteiger partial charge in [0.05, 0.1) is 5.02 Å². The fourth-order valence-electron chi connectivity index (χ4n) is 2.36. The zero-order valence-corrected chi connectivity index (χ0v) is 10.8. The molecule has 0 amide bonds. The topological polar surface area (TPSA) is 38.9 Å². The molecular formula is C15H15ClN2. The van der Waals surface area contributed by atoms with Crippen LogP contribution < -0.4 is 5.73 Å².